The van der Waals surface area contributed by atoms with Crippen molar-refractivity contribution in [2.75, 3.05) is 6.54 Å². The van der Waals surface area contributed by atoms with Gasteiger partial charge in [0.2, 0.25) is 5.91 Å². The van der Waals surface area contributed by atoms with Crippen molar-refractivity contribution in [3.63, 3.8) is 0 Å². The normalized spacial score (nSPS) is 12.3. The van der Waals surface area contributed by atoms with Gasteiger partial charge in [0.1, 0.15) is 12.6 Å². The van der Waals surface area contributed by atoms with E-state index in [0.29, 0.717) is 12.8 Å². The second kappa shape index (κ2) is 41.4. The molecule has 0 aliphatic heterocycles. The van der Waals surface area contributed by atoms with Crippen LogP contribution in [0.5, 0.6) is 0 Å². The molecule has 0 heterocycles. The zero-order valence-electron chi connectivity index (χ0n) is 34.2. The fraction of sp³-hybridized carbons (Fsp3) is 0.804. The van der Waals surface area contributed by atoms with Gasteiger partial charge in [0.25, 0.3) is 0 Å². The van der Waals surface area contributed by atoms with E-state index < -0.39 is 5.97 Å². The maximum Gasteiger partial charge on any atom is 0.322 e. The molecule has 0 rings (SSSR count). The highest BCUT2D eigenvalue weighted by Gasteiger charge is 2.12. The van der Waals surface area contributed by atoms with Gasteiger partial charge in [0.15, 0.2) is 0 Å². The first-order chi connectivity index (χ1) is 25.5. The SMILES string of the molecule is CC/C=C\C/C=C\C/C=C\C(CCCCCCC(=O)NCC(=O)O)OC(=O)CCCCCCCCCCCCCCCCCCCCCCCCC. The number of carboxylic acid groups (broad SMARTS) is 1. The van der Waals surface area contributed by atoms with Crippen LogP contribution in [-0.2, 0) is 19.1 Å². The Labute approximate surface area is 321 Å². The van der Waals surface area contributed by atoms with Crippen LogP contribution in [0.4, 0.5) is 0 Å². The number of hydrogen-bond acceptors (Lipinski definition) is 4. The molecule has 0 aliphatic carbocycles. The summed E-state index contributed by atoms with van der Waals surface area (Å²) in [6, 6.07) is 0. The molecule has 0 aromatic heterocycles. The molecule has 0 spiro atoms. The number of nitrogens with one attached hydrogen (secondary N) is 1. The standard InChI is InChI=1S/C46H83NO5/c1-3-5-7-9-11-13-14-15-16-17-18-19-20-21-22-23-24-25-26-27-29-31-37-41-46(51)52-43(38-34-30-28-12-10-8-6-4-2)39-35-32-33-36-40-44(48)47-42-45(49)50/h6,8,12,28,34,38,43H,3-5,7,9-11,13-27,29-33,35-37,39-42H2,1-2H3,(H,47,48)(H,49,50)/b8-6-,28-12-,38-34-. The second-order valence-corrected chi connectivity index (χ2v) is 14.9. The molecular weight excluding hydrogens is 647 g/mol. The van der Waals surface area contributed by atoms with Crippen molar-refractivity contribution in [3.8, 4) is 0 Å². The number of ether oxygens (including phenoxy) is 1. The molecule has 0 radical (unpaired) electrons. The van der Waals surface area contributed by atoms with Crippen LogP contribution in [0, 0.1) is 0 Å². The average molecular weight is 730 g/mol. The maximum absolute atomic E-state index is 12.7. The number of unbranched alkanes of at least 4 members (excludes halogenated alkanes) is 25. The lowest BCUT2D eigenvalue weighted by Crippen LogP contribution is -2.28. The van der Waals surface area contributed by atoms with E-state index >= 15 is 0 Å². The molecular formula is C46H83NO5. The van der Waals surface area contributed by atoms with E-state index in [1.165, 1.54) is 135 Å². The monoisotopic (exact) mass is 730 g/mol. The summed E-state index contributed by atoms with van der Waals surface area (Å²) in [5.41, 5.74) is 0. The number of carbonyl (C=O) groups is 3. The topological polar surface area (TPSA) is 92.7 Å². The third-order valence-corrected chi connectivity index (χ3v) is 9.81. The van der Waals surface area contributed by atoms with Crippen molar-refractivity contribution in [2.45, 2.75) is 232 Å². The summed E-state index contributed by atoms with van der Waals surface area (Å²) >= 11 is 0. The van der Waals surface area contributed by atoms with E-state index in [1.807, 2.05) is 6.08 Å². The van der Waals surface area contributed by atoms with Crippen molar-refractivity contribution in [3.05, 3.63) is 36.5 Å². The van der Waals surface area contributed by atoms with Gasteiger partial charge < -0.3 is 15.2 Å². The quantitative estimate of drug-likeness (QED) is 0.0372. The van der Waals surface area contributed by atoms with Gasteiger partial charge in [-0.3, -0.25) is 14.4 Å². The van der Waals surface area contributed by atoms with Gasteiger partial charge in [-0.2, -0.15) is 0 Å². The van der Waals surface area contributed by atoms with Crippen molar-refractivity contribution in [1.29, 1.82) is 0 Å². The number of hydrogen-bond donors (Lipinski definition) is 2. The molecule has 0 saturated heterocycles. The Bertz CT molecular complexity index is 895. The van der Waals surface area contributed by atoms with E-state index in [9.17, 15) is 14.4 Å². The number of rotatable bonds is 40. The molecule has 302 valence electrons. The van der Waals surface area contributed by atoms with Crippen molar-refractivity contribution >= 4 is 17.8 Å². The summed E-state index contributed by atoms with van der Waals surface area (Å²) in [4.78, 5) is 34.9. The van der Waals surface area contributed by atoms with Crippen LogP contribution in [0.3, 0.4) is 0 Å². The summed E-state index contributed by atoms with van der Waals surface area (Å²) in [6.45, 7) is 4.09. The number of carboxylic acids is 1. The Morgan fingerprint density at radius 3 is 1.38 bits per heavy atom. The lowest BCUT2D eigenvalue weighted by atomic mass is 10.0. The Kier molecular flexibility index (Phi) is 39.5. The van der Waals surface area contributed by atoms with Crippen molar-refractivity contribution in [1.82, 2.24) is 5.32 Å². The summed E-state index contributed by atoms with van der Waals surface area (Å²) in [5.74, 6) is -1.36. The predicted molar refractivity (Wildman–Crippen MR) is 222 cm³/mol. The highest BCUT2D eigenvalue weighted by Crippen LogP contribution is 2.17. The van der Waals surface area contributed by atoms with Crippen LogP contribution in [0.15, 0.2) is 36.5 Å². The Hall–Kier alpha value is -2.37. The molecule has 6 nitrogen and oxygen atoms in total. The average Bonchev–Trinajstić information content (AvgIpc) is 3.13. The molecule has 0 bridgehead atoms. The van der Waals surface area contributed by atoms with Crippen LogP contribution in [0.2, 0.25) is 0 Å². The van der Waals surface area contributed by atoms with Gasteiger partial charge in [-0.15, -0.1) is 0 Å². The van der Waals surface area contributed by atoms with Crippen LogP contribution >= 0.6 is 0 Å². The fourth-order valence-electron chi connectivity index (χ4n) is 6.57. The molecule has 0 aromatic carbocycles. The Balaban J connectivity index is 3.92. The molecule has 1 unspecified atom stereocenters. The number of allylic oxidation sites excluding steroid dienone is 5. The lowest BCUT2D eigenvalue weighted by molar-refractivity contribution is -0.147. The van der Waals surface area contributed by atoms with Crippen molar-refractivity contribution < 1.29 is 24.2 Å². The summed E-state index contributed by atoms with van der Waals surface area (Å²) in [7, 11) is 0. The van der Waals surface area contributed by atoms with Gasteiger partial charge in [-0.05, 0) is 51.0 Å². The largest absolute Gasteiger partial charge is 0.480 e. The third-order valence-electron chi connectivity index (χ3n) is 9.81. The number of amides is 1. The molecule has 0 aromatic rings. The van der Waals surface area contributed by atoms with Crippen LogP contribution in [0.1, 0.15) is 226 Å². The summed E-state index contributed by atoms with van der Waals surface area (Å²) < 4.78 is 5.88. The lowest BCUT2D eigenvalue weighted by Gasteiger charge is -2.14. The zero-order chi connectivity index (χ0) is 38.0. The van der Waals surface area contributed by atoms with E-state index in [4.69, 9.17) is 9.84 Å². The smallest absolute Gasteiger partial charge is 0.322 e. The zero-order valence-corrected chi connectivity index (χ0v) is 34.2. The number of aliphatic carboxylic acids is 1. The molecule has 52 heavy (non-hydrogen) atoms. The molecule has 0 saturated carbocycles. The first-order valence-electron chi connectivity index (χ1n) is 22.1. The predicted octanol–water partition coefficient (Wildman–Crippen LogP) is 13.7. The highest BCUT2D eigenvalue weighted by atomic mass is 16.5. The van der Waals surface area contributed by atoms with Crippen LogP contribution in [-0.4, -0.2) is 35.6 Å². The van der Waals surface area contributed by atoms with Gasteiger partial charge >= 0.3 is 11.9 Å². The number of esters is 1. The van der Waals surface area contributed by atoms with Gasteiger partial charge in [-0.1, -0.05) is 198 Å². The summed E-state index contributed by atoms with van der Waals surface area (Å²) in [5, 5.41) is 11.1. The highest BCUT2D eigenvalue weighted by molar-refractivity contribution is 5.80. The Morgan fingerprint density at radius 2 is 0.923 bits per heavy atom. The minimum Gasteiger partial charge on any atom is -0.480 e. The Morgan fingerprint density at radius 1 is 0.519 bits per heavy atom. The first kappa shape index (κ1) is 49.6. The minimum absolute atomic E-state index is 0.103. The van der Waals surface area contributed by atoms with E-state index in [1.54, 1.807) is 0 Å². The molecule has 0 aliphatic rings. The molecule has 1 atom stereocenters. The molecule has 1 amide bonds. The van der Waals surface area contributed by atoms with E-state index in [0.717, 1.165) is 64.2 Å². The molecule has 0 fully saturated rings. The van der Waals surface area contributed by atoms with Crippen LogP contribution < -0.4 is 5.32 Å². The van der Waals surface area contributed by atoms with Gasteiger partial charge in [0, 0.05) is 12.8 Å². The fourth-order valence-corrected chi connectivity index (χ4v) is 6.57. The summed E-state index contributed by atoms with van der Waals surface area (Å²) in [6.07, 6.45) is 51.7. The first-order valence-corrected chi connectivity index (χ1v) is 22.1. The van der Waals surface area contributed by atoms with Crippen LogP contribution in [0.25, 0.3) is 0 Å². The second-order valence-electron chi connectivity index (χ2n) is 14.9. The number of carbonyl (C=O) groups excluding carboxylic acids is 2. The van der Waals surface area contributed by atoms with Gasteiger partial charge in [-0.25, -0.2) is 0 Å². The molecule has 2 N–H and O–H groups in total. The van der Waals surface area contributed by atoms with E-state index in [2.05, 4.69) is 49.5 Å². The minimum atomic E-state index is -1.03. The van der Waals surface area contributed by atoms with E-state index in [-0.39, 0.29) is 24.5 Å². The van der Waals surface area contributed by atoms with Gasteiger partial charge in [0.05, 0.1) is 0 Å². The van der Waals surface area contributed by atoms with Crippen molar-refractivity contribution in [2.24, 2.45) is 0 Å². The third kappa shape index (κ3) is 40.4. The maximum atomic E-state index is 12.7. The molecule has 6 heteroatoms.